The predicted molar refractivity (Wildman–Crippen MR) is 98.9 cm³/mol. The number of para-hydroxylation sites is 1. The lowest BCUT2D eigenvalue weighted by molar-refractivity contribution is 0.0672. The number of aliphatic hydroxyl groups is 1. The number of aromatic nitrogens is 1. The number of hydrogen-bond donors (Lipinski definition) is 2. The van der Waals surface area contributed by atoms with Crippen LogP contribution < -0.4 is 5.32 Å². The first-order chi connectivity index (χ1) is 12.8. The highest BCUT2D eigenvalue weighted by atomic mass is 16.3. The quantitative estimate of drug-likeness (QED) is 0.739. The third-order valence-corrected chi connectivity index (χ3v) is 4.84. The van der Waals surface area contributed by atoms with E-state index in [4.69, 9.17) is 4.42 Å². The molecule has 0 bridgehead atoms. The summed E-state index contributed by atoms with van der Waals surface area (Å²) in [5.41, 5.74) is 2.29. The summed E-state index contributed by atoms with van der Waals surface area (Å²) in [6, 6.07) is 13.2. The number of pyridine rings is 1. The third-order valence-electron chi connectivity index (χ3n) is 4.84. The molecule has 2 aromatic heterocycles. The van der Waals surface area contributed by atoms with Crippen molar-refractivity contribution in [2.24, 2.45) is 0 Å². The molecule has 4 rings (SSSR count). The molecule has 3 heterocycles. The summed E-state index contributed by atoms with van der Waals surface area (Å²) in [5.74, 6) is 0.514. The fourth-order valence-corrected chi connectivity index (χ4v) is 3.45. The number of likely N-dealkylation sites (tertiary alicyclic amines) is 1. The van der Waals surface area contributed by atoms with Gasteiger partial charge in [-0.1, -0.05) is 24.3 Å². The molecule has 1 aliphatic rings. The number of anilines is 1. The zero-order valence-electron chi connectivity index (χ0n) is 14.4. The van der Waals surface area contributed by atoms with Crippen LogP contribution in [0.15, 0.2) is 53.1 Å². The van der Waals surface area contributed by atoms with E-state index in [0.29, 0.717) is 24.6 Å². The monoisotopic (exact) mass is 351 g/mol. The minimum absolute atomic E-state index is 0.00273. The highest BCUT2D eigenvalue weighted by Gasteiger charge is 2.29. The highest BCUT2D eigenvalue weighted by molar-refractivity contribution is 5.93. The van der Waals surface area contributed by atoms with Crippen LogP contribution >= 0.6 is 0 Å². The van der Waals surface area contributed by atoms with Crippen LogP contribution in [0.25, 0.3) is 11.0 Å². The van der Waals surface area contributed by atoms with E-state index in [-0.39, 0.29) is 18.6 Å². The van der Waals surface area contributed by atoms with Crippen molar-refractivity contribution in [2.75, 3.05) is 18.5 Å². The highest BCUT2D eigenvalue weighted by Crippen LogP contribution is 2.22. The summed E-state index contributed by atoms with van der Waals surface area (Å²) in [7, 11) is 0. The summed E-state index contributed by atoms with van der Waals surface area (Å²) >= 11 is 0. The van der Waals surface area contributed by atoms with E-state index in [1.165, 1.54) is 0 Å². The number of nitrogens with one attached hydrogen (secondary N) is 1. The van der Waals surface area contributed by atoms with E-state index in [2.05, 4.69) is 10.3 Å². The SMILES string of the molecule is O=C(c1cccc(NCc2coc3ccccc23)n1)N1CCCC1CO. The molecule has 1 unspecified atom stereocenters. The fourth-order valence-electron chi connectivity index (χ4n) is 3.45. The molecule has 1 aliphatic heterocycles. The van der Waals surface area contributed by atoms with Gasteiger partial charge >= 0.3 is 0 Å². The van der Waals surface area contributed by atoms with Crippen LogP contribution in [0.5, 0.6) is 0 Å². The van der Waals surface area contributed by atoms with Gasteiger partial charge in [-0.15, -0.1) is 0 Å². The van der Waals surface area contributed by atoms with E-state index in [0.717, 1.165) is 29.4 Å². The largest absolute Gasteiger partial charge is 0.464 e. The van der Waals surface area contributed by atoms with Crippen molar-refractivity contribution in [3.8, 4) is 0 Å². The molecule has 3 aromatic rings. The van der Waals surface area contributed by atoms with Gasteiger partial charge in [0.15, 0.2) is 0 Å². The first-order valence-corrected chi connectivity index (χ1v) is 8.84. The standard InChI is InChI=1S/C20H21N3O3/c24-12-15-5-4-10-23(15)20(25)17-7-3-9-19(22-17)21-11-14-13-26-18-8-2-1-6-16(14)18/h1-3,6-9,13,15,24H,4-5,10-12H2,(H,21,22). The molecule has 1 saturated heterocycles. The topological polar surface area (TPSA) is 78.6 Å². The van der Waals surface area contributed by atoms with Gasteiger partial charge in [-0.3, -0.25) is 4.79 Å². The van der Waals surface area contributed by atoms with Crippen LogP contribution in [0.3, 0.4) is 0 Å². The van der Waals surface area contributed by atoms with E-state index in [1.807, 2.05) is 36.4 Å². The molecule has 1 fully saturated rings. The number of hydrogen-bond acceptors (Lipinski definition) is 5. The van der Waals surface area contributed by atoms with Crippen molar-refractivity contribution in [1.29, 1.82) is 0 Å². The number of fused-ring (bicyclic) bond motifs is 1. The van der Waals surface area contributed by atoms with Crippen LogP contribution in [0, 0.1) is 0 Å². The second-order valence-corrected chi connectivity index (χ2v) is 6.50. The first-order valence-electron chi connectivity index (χ1n) is 8.84. The van der Waals surface area contributed by atoms with E-state index >= 15 is 0 Å². The smallest absolute Gasteiger partial charge is 0.272 e. The molecule has 1 atom stereocenters. The van der Waals surface area contributed by atoms with Gasteiger partial charge in [0.1, 0.15) is 17.1 Å². The fraction of sp³-hybridized carbons (Fsp3) is 0.300. The molecule has 0 radical (unpaired) electrons. The Hall–Kier alpha value is -2.86. The summed E-state index contributed by atoms with van der Waals surface area (Å²) in [6.07, 6.45) is 3.50. The lowest BCUT2D eigenvalue weighted by Crippen LogP contribution is -2.38. The average molecular weight is 351 g/mol. The van der Waals surface area contributed by atoms with Gasteiger partial charge in [0.2, 0.25) is 0 Å². The van der Waals surface area contributed by atoms with Crippen LogP contribution in [0.2, 0.25) is 0 Å². The summed E-state index contributed by atoms with van der Waals surface area (Å²) in [4.78, 5) is 18.9. The van der Waals surface area contributed by atoms with Crippen LogP contribution in [-0.4, -0.2) is 40.1 Å². The van der Waals surface area contributed by atoms with Gasteiger partial charge in [0.05, 0.1) is 18.9 Å². The number of nitrogens with zero attached hydrogens (tertiary/aromatic N) is 2. The Kier molecular flexibility index (Phi) is 4.58. The van der Waals surface area contributed by atoms with Gasteiger partial charge < -0.3 is 19.7 Å². The molecule has 1 aromatic carbocycles. The molecule has 134 valence electrons. The third kappa shape index (κ3) is 3.15. The maximum atomic E-state index is 12.7. The van der Waals surface area contributed by atoms with Crippen LogP contribution in [0.4, 0.5) is 5.82 Å². The molecule has 1 amide bonds. The summed E-state index contributed by atoms with van der Waals surface area (Å²) in [5, 5.41) is 13.8. The number of furan rings is 1. The van der Waals surface area contributed by atoms with Gasteiger partial charge in [-0.25, -0.2) is 4.98 Å². The number of rotatable bonds is 5. The minimum atomic E-state index is -0.126. The maximum Gasteiger partial charge on any atom is 0.272 e. The number of carbonyl (C=O) groups is 1. The van der Waals surface area contributed by atoms with E-state index < -0.39 is 0 Å². The van der Waals surface area contributed by atoms with Gasteiger partial charge in [-0.05, 0) is 31.0 Å². The minimum Gasteiger partial charge on any atom is -0.464 e. The van der Waals surface area contributed by atoms with E-state index in [1.54, 1.807) is 17.2 Å². The second-order valence-electron chi connectivity index (χ2n) is 6.50. The van der Waals surface area contributed by atoms with Crippen molar-refractivity contribution < 1.29 is 14.3 Å². The van der Waals surface area contributed by atoms with Crippen LogP contribution in [-0.2, 0) is 6.54 Å². The zero-order chi connectivity index (χ0) is 17.9. The Morgan fingerprint density at radius 3 is 3.04 bits per heavy atom. The summed E-state index contributed by atoms with van der Waals surface area (Å²) in [6.45, 7) is 1.23. The Balaban J connectivity index is 1.48. The molecular weight excluding hydrogens is 330 g/mol. The molecule has 6 heteroatoms. The number of aliphatic hydroxyl groups excluding tert-OH is 1. The van der Waals surface area contributed by atoms with Crippen LogP contribution in [0.1, 0.15) is 28.9 Å². The normalized spacial score (nSPS) is 17.0. The number of amides is 1. The second kappa shape index (κ2) is 7.17. The van der Waals surface area contributed by atoms with E-state index in [9.17, 15) is 9.90 Å². The Morgan fingerprint density at radius 1 is 1.27 bits per heavy atom. The van der Waals surface area contributed by atoms with Crippen molar-refractivity contribution in [1.82, 2.24) is 9.88 Å². The number of carbonyl (C=O) groups excluding carboxylic acids is 1. The zero-order valence-corrected chi connectivity index (χ0v) is 14.4. The molecule has 0 spiro atoms. The maximum absolute atomic E-state index is 12.7. The average Bonchev–Trinajstić information content (AvgIpc) is 3.33. The molecule has 2 N–H and O–H groups in total. The molecule has 0 saturated carbocycles. The predicted octanol–water partition coefficient (Wildman–Crippen LogP) is 3.04. The van der Waals surface area contributed by atoms with Crippen molar-refractivity contribution in [2.45, 2.75) is 25.4 Å². The Morgan fingerprint density at radius 2 is 2.15 bits per heavy atom. The molecule has 6 nitrogen and oxygen atoms in total. The lowest BCUT2D eigenvalue weighted by atomic mass is 10.2. The Bertz CT molecular complexity index is 921. The number of benzene rings is 1. The van der Waals surface area contributed by atoms with Crippen molar-refractivity contribution >= 4 is 22.7 Å². The molecule has 0 aliphatic carbocycles. The first kappa shape index (κ1) is 16.6. The van der Waals surface area contributed by atoms with Gasteiger partial charge in [-0.2, -0.15) is 0 Å². The molecule has 26 heavy (non-hydrogen) atoms. The lowest BCUT2D eigenvalue weighted by Gasteiger charge is -2.22. The Labute approximate surface area is 151 Å². The van der Waals surface area contributed by atoms with Gasteiger partial charge in [0.25, 0.3) is 5.91 Å². The van der Waals surface area contributed by atoms with Crippen molar-refractivity contribution in [3.63, 3.8) is 0 Å². The molecular formula is C20H21N3O3. The van der Waals surface area contributed by atoms with Gasteiger partial charge in [0, 0.05) is 24.0 Å². The summed E-state index contributed by atoms with van der Waals surface area (Å²) < 4.78 is 5.55. The van der Waals surface area contributed by atoms with Crippen molar-refractivity contribution in [3.05, 3.63) is 60.0 Å².